The molecule has 0 saturated carbocycles. The third-order valence-electron chi connectivity index (χ3n) is 3.65. The summed E-state index contributed by atoms with van der Waals surface area (Å²) in [4.78, 5) is 9.36. The highest BCUT2D eigenvalue weighted by molar-refractivity contribution is 4.96. The highest BCUT2D eigenvalue weighted by Gasteiger charge is 2.13. The van der Waals surface area contributed by atoms with E-state index >= 15 is 0 Å². The summed E-state index contributed by atoms with van der Waals surface area (Å²) in [6, 6.07) is 0.510. The van der Waals surface area contributed by atoms with Gasteiger partial charge < -0.3 is 14.8 Å². The molecule has 1 aromatic heterocycles. The Morgan fingerprint density at radius 3 is 2.63 bits per heavy atom. The lowest BCUT2D eigenvalue weighted by atomic mass is 10.3. The second kappa shape index (κ2) is 7.03. The molecule has 5 heteroatoms. The van der Waals surface area contributed by atoms with Gasteiger partial charge in [0.1, 0.15) is 0 Å². The Kier molecular flexibility index (Phi) is 5.36. The molecule has 1 saturated heterocycles. The summed E-state index contributed by atoms with van der Waals surface area (Å²) in [7, 11) is 2.20. The van der Waals surface area contributed by atoms with Crippen molar-refractivity contribution in [3.05, 3.63) is 18.2 Å². The van der Waals surface area contributed by atoms with Gasteiger partial charge in [-0.3, -0.25) is 4.90 Å². The minimum absolute atomic E-state index is 0.510. The van der Waals surface area contributed by atoms with Crippen molar-refractivity contribution in [3.63, 3.8) is 0 Å². The molecular formula is C14H27N5. The monoisotopic (exact) mass is 265 g/mol. The zero-order chi connectivity index (χ0) is 13.7. The van der Waals surface area contributed by atoms with Gasteiger partial charge in [0.05, 0.1) is 12.0 Å². The zero-order valence-corrected chi connectivity index (χ0v) is 12.5. The maximum atomic E-state index is 4.44. The van der Waals surface area contributed by atoms with Gasteiger partial charge in [-0.2, -0.15) is 0 Å². The second-order valence-corrected chi connectivity index (χ2v) is 5.78. The average molecular weight is 265 g/mol. The van der Waals surface area contributed by atoms with Crippen molar-refractivity contribution in [2.75, 3.05) is 39.8 Å². The number of rotatable bonds is 6. The van der Waals surface area contributed by atoms with Crippen LogP contribution >= 0.6 is 0 Å². The Morgan fingerprint density at radius 1 is 1.21 bits per heavy atom. The van der Waals surface area contributed by atoms with Crippen LogP contribution in [0.15, 0.2) is 12.5 Å². The van der Waals surface area contributed by atoms with Gasteiger partial charge in [0.2, 0.25) is 0 Å². The molecule has 0 aliphatic carbocycles. The Hall–Kier alpha value is -0.910. The number of aromatic nitrogens is 2. The number of nitrogens with zero attached hydrogens (tertiary/aromatic N) is 4. The van der Waals surface area contributed by atoms with E-state index in [1.165, 1.54) is 26.2 Å². The molecule has 1 aliphatic heterocycles. The lowest BCUT2D eigenvalue weighted by molar-refractivity contribution is 0.150. The molecule has 0 aromatic carbocycles. The van der Waals surface area contributed by atoms with Crippen LogP contribution in [-0.2, 0) is 13.1 Å². The molecule has 0 amide bonds. The fourth-order valence-electron chi connectivity index (χ4n) is 2.26. The van der Waals surface area contributed by atoms with Crippen LogP contribution in [0.1, 0.15) is 19.5 Å². The summed E-state index contributed by atoms with van der Waals surface area (Å²) >= 11 is 0. The van der Waals surface area contributed by atoms with E-state index in [9.17, 15) is 0 Å². The van der Waals surface area contributed by atoms with E-state index in [0.717, 1.165) is 25.3 Å². The largest absolute Gasteiger partial charge is 0.336 e. The Labute approximate surface area is 116 Å². The number of hydrogen-bond acceptors (Lipinski definition) is 4. The van der Waals surface area contributed by atoms with E-state index < -0.39 is 0 Å². The Balaban J connectivity index is 1.71. The van der Waals surface area contributed by atoms with Crippen LogP contribution in [0.3, 0.4) is 0 Å². The Bertz CT molecular complexity index is 366. The molecule has 0 atom stereocenters. The summed E-state index contributed by atoms with van der Waals surface area (Å²) in [6.45, 7) is 12.1. The lowest BCUT2D eigenvalue weighted by Gasteiger charge is -2.32. The molecule has 1 aliphatic rings. The molecule has 108 valence electrons. The van der Waals surface area contributed by atoms with Gasteiger partial charge in [-0.15, -0.1) is 0 Å². The van der Waals surface area contributed by atoms with Crippen LogP contribution in [0.5, 0.6) is 0 Å². The quantitative estimate of drug-likeness (QED) is 0.818. The fourth-order valence-corrected chi connectivity index (χ4v) is 2.26. The molecule has 1 aromatic rings. The van der Waals surface area contributed by atoms with Gasteiger partial charge in [-0.1, -0.05) is 13.8 Å². The van der Waals surface area contributed by atoms with Gasteiger partial charge in [0.15, 0.2) is 0 Å². The minimum atomic E-state index is 0.510. The van der Waals surface area contributed by atoms with Crippen molar-refractivity contribution < 1.29 is 0 Å². The highest BCUT2D eigenvalue weighted by Crippen LogP contribution is 2.01. The number of imidazole rings is 1. The van der Waals surface area contributed by atoms with E-state index in [0.29, 0.717) is 6.04 Å². The van der Waals surface area contributed by atoms with Crippen molar-refractivity contribution in [1.82, 2.24) is 24.7 Å². The zero-order valence-electron chi connectivity index (χ0n) is 12.5. The number of hydrogen-bond donors (Lipinski definition) is 1. The summed E-state index contributed by atoms with van der Waals surface area (Å²) < 4.78 is 2.20. The van der Waals surface area contributed by atoms with Crippen LogP contribution in [0.2, 0.25) is 0 Å². The van der Waals surface area contributed by atoms with Crippen LogP contribution in [-0.4, -0.2) is 65.2 Å². The predicted octanol–water partition coefficient (Wildman–Crippen LogP) is 0.629. The standard InChI is InChI=1S/C14H27N5/c1-13(2)15-10-14-11-19(12-16-14)9-8-18-6-4-17(3)5-7-18/h11-13,15H,4-10H2,1-3H3. The highest BCUT2D eigenvalue weighted by atomic mass is 15.3. The third-order valence-corrected chi connectivity index (χ3v) is 3.65. The Morgan fingerprint density at radius 2 is 1.95 bits per heavy atom. The molecule has 0 unspecified atom stereocenters. The first kappa shape index (κ1) is 14.5. The second-order valence-electron chi connectivity index (χ2n) is 5.78. The van der Waals surface area contributed by atoms with E-state index in [-0.39, 0.29) is 0 Å². The molecule has 0 spiro atoms. The van der Waals surface area contributed by atoms with E-state index in [1.54, 1.807) is 0 Å². The molecular weight excluding hydrogens is 238 g/mol. The van der Waals surface area contributed by atoms with Gasteiger partial charge in [-0.05, 0) is 7.05 Å². The molecule has 0 bridgehead atoms. The van der Waals surface area contributed by atoms with Crippen molar-refractivity contribution in [1.29, 1.82) is 0 Å². The van der Waals surface area contributed by atoms with Crippen LogP contribution in [0.4, 0.5) is 0 Å². The SMILES string of the molecule is CC(C)NCc1cn(CCN2CCN(C)CC2)cn1. The molecule has 2 heterocycles. The van der Waals surface area contributed by atoms with E-state index in [2.05, 4.69) is 51.8 Å². The normalized spacial score (nSPS) is 18.3. The van der Waals surface area contributed by atoms with Crippen molar-refractivity contribution in [2.24, 2.45) is 0 Å². The van der Waals surface area contributed by atoms with Crippen LogP contribution in [0.25, 0.3) is 0 Å². The minimum Gasteiger partial charge on any atom is -0.336 e. The van der Waals surface area contributed by atoms with E-state index in [1.807, 2.05) is 6.33 Å². The topological polar surface area (TPSA) is 36.3 Å². The summed E-state index contributed by atoms with van der Waals surface area (Å²) in [6.07, 6.45) is 4.11. The van der Waals surface area contributed by atoms with Gasteiger partial charge in [0, 0.05) is 58.1 Å². The smallest absolute Gasteiger partial charge is 0.0950 e. The first-order chi connectivity index (χ1) is 9.13. The third kappa shape index (κ3) is 4.93. The first-order valence-corrected chi connectivity index (χ1v) is 7.28. The molecule has 2 rings (SSSR count). The number of likely N-dealkylation sites (N-methyl/N-ethyl adjacent to an activating group) is 1. The predicted molar refractivity (Wildman–Crippen MR) is 78.1 cm³/mol. The number of nitrogens with one attached hydrogen (secondary N) is 1. The summed E-state index contributed by atoms with van der Waals surface area (Å²) in [5.74, 6) is 0. The van der Waals surface area contributed by atoms with Gasteiger partial charge in [0.25, 0.3) is 0 Å². The van der Waals surface area contributed by atoms with E-state index in [4.69, 9.17) is 0 Å². The molecule has 1 N–H and O–H groups in total. The molecule has 19 heavy (non-hydrogen) atoms. The summed E-state index contributed by atoms with van der Waals surface area (Å²) in [5, 5.41) is 3.39. The van der Waals surface area contributed by atoms with Crippen LogP contribution in [0, 0.1) is 0 Å². The molecule has 0 radical (unpaired) electrons. The summed E-state index contributed by atoms with van der Waals surface area (Å²) in [5.41, 5.74) is 1.13. The van der Waals surface area contributed by atoms with Crippen molar-refractivity contribution in [2.45, 2.75) is 33.0 Å². The van der Waals surface area contributed by atoms with Gasteiger partial charge >= 0.3 is 0 Å². The maximum absolute atomic E-state index is 4.44. The molecule has 5 nitrogen and oxygen atoms in total. The van der Waals surface area contributed by atoms with Crippen molar-refractivity contribution >= 4 is 0 Å². The maximum Gasteiger partial charge on any atom is 0.0950 e. The lowest BCUT2D eigenvalue weighted by Crippen LogP contribution is -2.45. The molecule has 1 fully saturated rings. The van der Waals surface area contributed by atoms with Crippen molar-refractivity contribution in [3.8, 4) is 0 Å². The first-order valence-electron chi connectivity index (χ1n) is 7.28. The fraction of sp³-hybridized carbons (Fsp3) is 0.786. The number of piperazine rings is 1. The van der Waals surface area contributed by atoms with Gasteiger partial charge in [-0.25, -0.2) is 4.98 Å². The van der Waals surface area contributed by atoms with Crippen LogP contribution < -0.4 is 5.32 Å². The average Bonchev–Trinajstić information content (AvgIpc) is 2.84.